The van der Waals surface area contributed by atoms with E-state index in [2.05, 4.69) is 0 Å². The molecule has 0 aromatic carbocycles. The molecule has 0 unspecified atom stereocenters. The fourth-order valence-electron chi connectivity index (χ4n) is 5.95. The Morgan fingerprint density at radius 1 is 0.800 bits per heavy atom. The number of allylic oxidation sites excluding steroid dienone is 2. The van der Waals surface area contributed by atoms with Crippen LogP contribution in [0.3, 0.4) is 0 Å². The van der Waals surface area contributed by atoms with Gasteiger partial charge in [0.25, 0.3) is 11.8 Å². The molecule has 2 amide bonds. The number of ketones is 2. The Labute approximate surface area is 181 Å². The van der Waals surface area contributed by atoms with Gasteiger partial charge >= 0.3 is 0 Å². The summed E-state index contributed by atoms with van der Waals surface area (Å²) in [6, 6.07) is -1.64. The zero-order chi connectivity index (χ0) is 21.6. The lowest BCUT2D eigenvalue weighted by Gasteiger charge is -2.54. The van der Waals surface area contributed by atoms with Crippen LogP contribution in [0.2, 0.25) is 0 Å². The number of thioether (sulfide) groups is 2. The molecule has 3 aliphatic heterocycles. The van der Waals surface area contributed by atoms with E-state index in [0.717, 1.165) is 0 Å². The molecule has 2 aliphatic carbocycles. The number of aliphatic hydroxyl groups excluding tert-OH is 2. The van der Waals surface area contributed by atoms with Gasteiger partial charge in [-0.2, -0.15) is 0 Å². The fraction of sp³-hybridized carbons (Fsp3) is 0.600. The zero-order valence-corrected chi connectivity index (χ0v) is 18.1. The molecule has 160 valence electrons. The summed E-state index contributed by atoms with van der Waals surface area (Å²) in [6.45, 7) is 0. The number of amides is 2. The van der Waals surface area contributed by atoms with Gasteiger partial charge in [-0.3, -0.25) is 19.2 Å². The first-order valence-corrected chi connectivity index (χ1v) is 12.3. The summed E-state index contributed by atoms with van der Waals surface area (Å²) in [5.41, 5.74) is 0. The second-order valence-electron chi connectivity index (χ2n) is 8.43. The van der Waals surface area contributed by atoms with Crippen LogP contribution in [-0.4, -0.2) is 89.9 Å². The van der Waals surface area contributed by atoms with Crippen molar-refractivity contribution in [2.24, 2.45) is 11.8 Å². The van der Waals surface area contributed by atoms with Crippen molar-refractivity contribution >= 4 is 46.9 Å². The average molecular weight is 451 g/mol. The van der Waals surface area contributed by atoms with E-state index in [-0.39, 0.29) is 36.2 Å². The van der Waals surface area contributed by atoms with Crippen LogP contribution >= 0.6 is 23.5 Å². The molecule has 2 N–H and O–H groups in total. The molecule has 5 aliphatic rings. The van der Waals surface area contributed by atoms with Gasteiger partial charge in [-0.15, -0.1) is 23.5 Å². The monoisotopic (exact) mass is 450 g/mol. The highest BCUT2D eigenvalue weighted by molar-refractivity contribution is 8.01. The number of piperazine rings is 1. The molecule has 30 heavy (non-hydrogen) atoms. The predicted molar refractivity (Wildman–Crippen MR) is 110 cm³/mol. The third kappa shape index (κ3) is 2.18. The van der Waals surface area contributed by atoms with Gasteiger partial charge in [0, 0.05) is 24.7 Å². The minimum absolute atomic E-state index is 0.0991. The van der Waals surface area contributed by atoms with Crippen molar-refractivity contribution in [1.82, 2.24) is 9.80 Å². The fourth-order valence-corrected chi connectivity index (χ4v) is 7.99. The molecule has 10 heteroatoms. The van der Waals surface area contributed by atoms with Crippen molar-refractivity contribution in [3.63, 3.8) is 0 Å². The van der Waals surface area contributed by atoms with Crippen molar-refractivity contribution in [3.8, 4) is 0 Å². The zero-order valence-electron chi connectivity index (χ0n) is 16.4. The molecular weight excluding hydrogens is 428 g/mol. The highest BCUT2D eigenvalue weighted by Gasteiger charge is 2.74. The van der Waals surface area contributed by atoms with Crippen LogP contribution in [0, 0.1) is 11.8 Å². The lowest BCUT2D eigenvalue weighted by Crippen LogP contribution is -2.74. The molecule has 0 aromatic rings. The Morgan fingerprint density at radius 3 is 1.50 bits per heavy atom. The number of nitrogens with zero attached hydrogens (tertiary/aromatic N) is 2. The van der Waals surface area contributed by atoms with E-state index in [9.17, 15) is 29.4 Å². The van der Waals surface area contributed by atoms with Crippen molar-refractivity contribution < 1.29 is 29.4 Å². The van der Waals surface area contributed by atoms with Crippen LogP contribution in [-0.2, 0) is 19.2 Å². The van der Waals surface area contributed by atoms with Crippen molar-refractivity contribution in [2.45, 2.75) is 46.9 Å². The standard InChI is InChI=1S/C20H22N2O6S2/c1-29-19-7-9-11(23)3-5-13(25)15(9)21(19)18(28)20(30-2)8-10-12(24)4-6-14(26)16(10)22(20)17(19)27/h3-6,9-10,13-16,25-26H,7-8H2,1-2H3/t9-,10-,13-,14-,15-,16-,19-,20-/m0/s1. The van der Waals surface area contributed by atoms with Gasteiger partial charge in [0.15, 0.2) is 21.3 Å². The summed E-state index contributed by atoms with van der Waals surface area (Å²) in [5, 5.41) is 21.3. The highest BCUT2D eigenvalue weighted by atomic mass is 32.2. The van der Waals surface area contributed by atoms with Crippen molar-refractivity contribution in [1.29, 1.82) is 0 Å². The van der Waals surface area contributed by atoms with Crippen molar-refractivity contribution in [2.75, 3.05) is 12.5 Å². The number of hydrogen-bond donors (Lipinski definition) is 2. The van der Waals surface area contributed by atoms with E-state index in [0.29, 0.717) is 0 Å². The first-order chi connectivity index (χ1) is 14.2. The quantitative estimate of drug-likeness (QED) is 0.582. The first kappa shape index (κ1) is 20.3. The van der Waals surface area contributed by atoms with Crippen LogP contribution in [0.25, 0.3) is 0 Å². The Morgan fingerprint density at radius 2 is 1.17 bits per heavy atom. The average Bonchev–Trinajstić information content (AvgIpc) is 3.29. The third-order valence-corrected chi connectivity index (χ3v) is 9.75. The molecule has 3 fully saturated rings. The number of hydrogen-bond acceptors (Lipinski definition) is 8. The molecule has 0 spiro atoms. The SMILES string of the molecule is CS[C@]12C[C@H]3C(=O)C=C[C@H](O)[C@H]3N1C(=O)[C@@]1(SC)C[C@H]3C(=O)C=C[C@H](O)[C@H]3N1C2=O. The predicted octanol–water partition coefficient (Wildman–Crippen LogP) is -0.448. The second-order valence-corrected chi connectivity index (χ2v) is 10.6. The van der Waals surface area contributed by atoms with Crippen LogP contribution in [0.1, 0.15) is 12.8 Å². The van der Waals surface area contributed by atoms with E-state index in [1.54, 1.807) is 12.5 Å². The topological polar surface area (TPSA) is 115 Å². The molecule has 5 rings (SSSR count). The molecule has 0 radical (unpaired) electrons. The molecule has 0 saturated carbocycles. The number of aliphatic hydroxyl groups is 2. The van der Waals surface area contributed by atoms with Crippen LogP contribution < -0.4 is 0 Å². The van der Waals surface area contributed by atoms with E-state index in [4.69, 9.17) is 0 Å². The van der Waals surface area contributed by atoms with Gasteiger partial charge in [-0.05, 0) is 24.7 Å². The largest absolute Gasteiger partial charge is 0.387 e. The summed E-state index contributed by atoms with van der Waals surface area (Å²) in [4.78, 5) is 53.4. The van der Waals surface area contributed by atoms with Gasteiger partial charge in [0.1, 0.15) is 0 Å². The van der Waals surface area contributed by atoms with Crippen molar-refractivity contribution in [3.05, 3.63) is 24.3 Å². The minimum atomic E-state index is -1.35. The normalized spacial score (nSPS) is 46.8. The Balaban J connectivity index is 1.70. The molecule has 3 saturated heterocycles. The van der Waals surface area contributed by atoms with Crippen LogP contribution in [0.4, 0.5) is 0 Å². The smallest absolute Gasteiger partial charge is 0.261 e. The lowest BCUT2D eigenvalue weighted by molar-refractivity contribution is -0.168. The Bertz CT molecular complexity index is 862. The van der Waals surface area contributed by atoms with E-state index >= 15 is 0 Å². The molecule has 3 heterocycles. The number of carbonyl (C=O) groups is 4. The number of fused-ring (bicyclic) bond motifs is 6. The number of rotatable bonds is 2. The Kier molecular flexibility index (Phi) is 4.36. The molecule has 0 bridgehead atoms. The summed E-state index contributed by atoms with van der Waals surface area (Å²) in [7, 11) is 0. The van der Waals surface area contributed by atoms with E-state index in [1.807, 2.05) is 0 Å². The molecular formula is C20H22N2O6S2. The molecule has 0 aromatic heterocycles. The third-order valence-electron chi connectivity index (χ3n) is 7.32. The van der Waals surface area contributed by atoms with Crippen LogP contribution in [0.5, 0.6) is 0 Å². The summed E-state index contributed by atoms with van der Waals surface area (Å²) in [5.74, 6) is -2.52. The summed E-state index contributed by atoms with van der Waals surface area (Å²) in [6.07, 6.45) is 6.91. The summed E-state index contributed by atoms with van der Waals surface area (Å²) >= 11 is 2.35. The molecule has 8 nitrogen and oxygen atoms in total. The van der Waals surface area contributed by atoms with E-state index < -0.39 is 45.9 Å². The lowest BCUT2D eigenvalue weighted by atomic mass is 9.85. The minimum Gasteiger partial charge on any atom is -0.387 e. The maximum Gasteiger partial charge on any atom is 0.261 e. The second kappa shape index (κ2) is 6.44. The van der Waals surface area contributed by atoms with Gasteiger partial charge in [0.05, 0.1) is 24.3 Å². The maximum atomic E-state index is 14.1. The first-order valence-electron chi connectivity index (χ1n) is 9.81. The van der Waals surface area contributed by atoms with Gasteiger partial charge in [-0.1, -0.05) is 12.2 Å². The number of carbonyl (C=O) groups excluding carboxylic acids is 4. The summed E-state index contributed by atoms with van der Waals surface area (Å²) < 4.78 is 0. The van der Waals surface area contributed by atoms with Crippen LogP contribution in [0.15, 0.2) is 24.3 Å². The van der Waals surface area contributed by atoms with Gasteiger partial charge in [-0.25, -0.2) is 0 Å². The highest BCUT2D eigenvalue weighted by Crippen LogP contribution is 2.59. The van der Waals surface area contributed by atoms with Gasteiger partial charge < -0.3 is 20.0 Å². The van der Waals surface area contributed by atoms with E-state index in [1.165, 1.54) is 57.6 Å². The molecule has 8 atom stereocenters. The Hall–Kier alpha value is -1.62. The maximum absolute atomic E-state index is 14.1. The van der Waals surface area contributed by atoms with Gasteiger partial charge in [0.2, 0.25) is 0 Å².